The van der Waals surface area contributed by atoms with Crippen LogP contribution in [0.15, 0.2) is 15.9 Å². The van der Waals surface area contributed by atoms with E-state index in [0.29, 0.717) is 6.04 Å². The monoisotopic (exact) mass is 301 g/mol. The third-order valence-electron chi connectivity index (χ3n) is 2.12. The van der Waals surface area contributed by atoms with E-state index in [-0.39, 0.29) is 0 Å². The van der Waals surface area contributed by atoms with E-state index in [1.165, 1.54) is 24.4 Å². The largest absolute Gasteiger partial charge is 0.358 e. The van der Waals surface area contributed by atoms with E-state index < -0.39 is 0 Å². The molecule has 0 saturated heterocycles. The zero-order valence-corrected chi connectivity index (χ0v) is 11.0. The van der Waals surface area contributed by atoms with Crippen molar-refractivity contribution < 1.29 is 0 Å². The van der Waals surface area contributed by atoms with Crippen LogP contribution in [-0.4, -0.2) is 15.4 Å². The first kappa shape index (κ1) is 9.74. The van der Waals surface area contributed by atoms with Crippen LogP contribution in [0.1, 0.15) is 12.8 Å². The van der Waals surface area contributed by atoms with Crippen LogP contribution >= 0.6 is 38.8 Å². The molecular formula is C9H8BrN3S2. The standard InChI is InChI=1S/C9H8BrN3S2/c10-7-4-3-6(14-7)8-12-9(15-13-8)11-5-1-2-5/h3-5H,1-2H2,(H,11,12,13). The molecule has 1 N–H and O–H groups in total. The van der Waals surface area contributed by atoms with Gasteiger partial charge in [0.15, 0.2) is 5.82 Å². The molecule has 3 rings (SSSR count). The Morgan fingerprint density at radius 2 is 2.27 bits per heavy atom. The number of aromatic nitrogens is 2. The molecule has 2 aromatic rings. The van der Waals surface area contributed by atoms with Crippen LogP contribution in [0.4, 0.5) is 5.13 Å². The first-order valence-electron chi connectivity index (χ1n) is 4.67. The summed E-state index contributed by atoms with van der Waals surface area (Å²) >= 11 is 6.54. The highest BCUT2D eigenvalue weighted by Gasteiger charge is 2.22. The van der Waals surface area contributed by atoms with Crippen molar-refractivity contribution in [3.63, 3.8) is 0 Å². The van der Waals surface area contributed by atoms with Gasteiger partial charge in [0, 0.05) is 17.6 Å². The zero-order chi connectivity index (χ0) is 10.3. The second-order valence-electron chi connectivity index (χ2n) is 3.45. The smallest absolute Gasteiger partial charge is 0.203 e. The molecule has 1 fully saturated rings. The Morgan fingerprint density at radius 3 is 2.93 bits per heavy atom. The van der Waals surface area contributed by atoms with E-state index in [1.54, 1.807) is 11.3 Å². The van der Waals surface area contributed by atoms with Crippen molar-refractivity contribution in [2.45, 2.75) is 18.9 Å². The third-order valence-corrected chi connectivity index (χ3v) is 4.39. The summed E-state index contributed by atoms with van der Waals surface area (Å²) in [6.45, 7) is 0. The molecule has 0 unspecified atom stereocenters. The van der Waals surface area contributed by atoms with E-state index >= 15 is 0 Å². The van der Waals surface area contributed by atoms with Crippen LogP contribution in [0.3, 0.4) is 0 Å². The number of halogens is 1. The summed E-state index contributed by atoms with van der Waals surface area (Å²) in [6, 6.07) is 4.70. The maximum absolute atomic E-state index is 4.46. The molecule has 2 aromatic heterocycles. The van der Waals surface area contributed by atoms with Gasteiger partial charge in [0.2, 0.25) is 5.13 Å². The number of nitrogens with zero attached hydrogens (tertiary/aromatic N) is 2. The summed E-state index contributed by atoms with van der Waals surface area (Å²) in [7, 11) is 0. The molecule has 0 spiro atoms. The van der Waals surface area contributed by atoms with Gasteiger partial charge in [0.05, 0.1) is 8.66 Å². The highest BCUT2D eigenvalue weighted by molar-refractivity contribution is 9.11. The van der Waals surface area contributed by atoms with Gasteiger partial charge in [0.25, 0.3) is 0 Å². The lowest BCUT2D eigenvalue weighted by molar-refractivity contribution is 1.14. The molecule has 0 aromatic carbocycles. The van der Waals surface area contributed by atoms with E-state index in [9.17, 15) is 0 Å². The van der Waals surface area contributed by atoms with Crippen LogP contribution in [0.5, 0.6) is 0 Å². The summed E-state index contributed by atoms with van der Waals surface area (Å²) < 4.78 is 5.45. The fraction of sp³-hybridized carbons (Fsp3) is 0.333. The Morgan fingerprint density at radius 1 is 1.40 bits per heavy atom. The number of hydrogen-bond donors (Lipinski definition) is 1. The molecule has 0 atom stereocenters. The number of hydrogen-bond acceptors (Lipinski definition) is 5. The van der Waals surface area contributed by atoms with Crippen LogP contribution < -0.4 is 5.32 Å². The second kappa shape index (κ2) is 3.84. The highest BCUT2D eigenvalue weighted by Crippen LogP contribution is 2.32. The number of thiophene rings is 1. The molecular weight excluding hydrogens is 294 g/mol. The lowest BCUT2D eigenvalue weighted by Crippen LogP contribution is -1.99. The quantitative estimate of drug-likeness (QED) is 0.941. The van der Waals surface area contributed by atoms with Gasteiger partial charge in [-0.3, -0.25) is 0 Å². The molecule has 0 aliphatic heterocycles. The minimum absolute atomic E-state index is 0.640. The van der Waals surface area contributed by atoms with Crippen molar-refractivity contribution >= 4 is 43.9 Å². The number of nitrogens with one attached hydrogen (secondary N) is 1. The van der Waals surface area contributed by atoms with Crippen LogP contribution in [0.2, 0.25) is 0 Å². The molecule has 1 saturated carbocycles. The van der Waals surface area contributed by atoms with Gasteiger partial charge >= 0.3 is 0 Å². The van der Waals surface area contributed by atoms with Crippen molar-refractivity contribution in [2.75, 3.05) is 5.32 Å². The molecule has 78 valence electrons. The van der Waals surface area contributed by atoms with Gasteiger partial charge in [-0.25, -0.2) is 0 Å². The van der Waals surface area contributed by atoms with Gasteiger partial charge in [-0.2, -0.15) is 9.36 Å². The molecule has 1 aliphatic rings. The van der Waals surface area contributed by atoms with E-state index in [2.05, 4.69) is 30.6 Å². The maximum atomic E-state index is 4.46. The first-order chi connectivity index (χ1) is 7.31. The zero-order valence-electron chi connectivity index (χ0n) is 7.74. The second-order valence-corrected chi connectivity index (χ2v) is 6.66. The summed E-state index contributed by atoms with van der Waals surface area (Å²) in [5.41, 5.74) is 0. The van der Waals surface area contributed by atoms with Crippen molar-refractivity contribution in [1.82, 2.24) is 9.36 Å². The Balaban J connectivity index is 1.82. The van der Waals surface area contributed by atoms with Crippen LogP contribution in [-0.2, 0) is 0 Å². The third kappa shape index (κ3) is 2.21. The highest BCUT2D eigenvalue weighted by atomic mass is 79.9. The molecule has 3 nitrogen and oxygen atoms in total. The van der Waals surface area contributed by atoms with E-state index in [1.807, 2.05) is 12.1 Å². The molecule has 1 aliphatic carbocycles. The van der Waals surface area contributed by atoms with E-state index in [4.69, 9.17) is 0 Å². The lowest BCUT2D eigenvalue weighted by atomic mass is 10.4. The van der Waals surface area contributed by atoms with Gasteiger partial charge in [-0.1, -0.05) is 0 Å². The minimum atomic E-state index is 0.640. The van der Waals surface area contributed by atoms with Crippen LogP contribution in [0, 0.1) is 0 Å². The first-order valence-corrected chi connectivity index (χ1v) is 7.05. The molecule has 0 bridgehead atoms. The van der Waals surface area contributed by atoms with Crippen LogP contribution in [0.25, 0.3) is 10.7 Å². The molecule has 0 amide bonds. The van der Waals surface area contributed by atoms with E-state index in [0.717, 1.165) is 19.6 Å². The number of rotatable bonds is 3. The minimum Gasteiger partial charge on any atom is -0.358 e. The average Bonchev–Trinajstić information content (AvgIpc) is 2.74. The predicted molar refractivity (Wildman–Crippen MR) is 67.6 cm³/mol. The predicted octanol–water partition coefficient (Wildman–Crippen LogP) is 3.60. The molecule has 0 radical (unpaired) electrons. The Labute approximate surface area is 104 Å². The summed E-state index contributed by atoms with van der Waals surface area (Å²) in [4.78, 5) is 5.57. The van der Waals surface area contributed by atoms with Crippen molar-refractivity contribution in [1.29, 1.82) is 0 Å². The average molecular weight is 302 g/mol. The maximum Gasteiger partial charge on any atom is 0.203 e. The topological polar surface area (TPSA) is 37.8 Å². The molecule has 15 heavy (non-hydrogen) atoms. The SMILES string of the molecule is Brc1ccc(-c2nsc(NC3CC3)n2)s1. The summed E-state index contributed by atoms with van der Waals surface area (Å²) in [5, 5.41) is 4.29. The fourth-order valence-electron chi connectivity index (χ4n) is 1.22. The number of anilines is 1. The molecule has 2 heterocycles. The summed E-state index contributed by atoms with van der Waals surface area (Å²) in [6.07, 6.45) is 2.53. The molecule has 6 heteroatoms. The Bertz CT molecular complexity index is 475. The van der Waals surface area contributed by atoms with Gasteiger partial charge in [-0.15, -0.1) is 11.3 Å². The lowest BCUT2D eigenvalue weighted by Gasteiger charge is -1.94. The van der Waals surface area contributed by atoms with Crippen molar-refractivity contribution in [3.8, 4) is 10.7 Å². The normalized spacial score (nSPS) is 15.5. The Hall–Kier alpha value is -0.460. The van der Waals surface area contributed by atoms with Crippen molar-refractivity contribution in [3.05, 3.63) is 15.9 Å². The van der Waals surface area contributed by atoms with Crippen molar-refractivity contribution in [2.24, 2.45) is 0 Å². The Kier molecular flexibility index (Phi) is 2.50. The summed E-state index contributed by atoms with van der Waals surface area (Å²) in [5.74, 6) is 0.832. The van der Waals surface area contributed by atoms with Gasteiger partial charge < -0.3 is 5.32 Å². The van der Waals surface area contributed by atoms with Gasteiger partial charge in [-0.05, 0) is 40.9 Å². The van der Waals surface area contributed by atoms with Gasteiger partial charge in [0.1, 0.15) is 0 Å². The fourth-order valence-corrected chi connectivity index (χ4v) is 3.26.